The number of β-lactam (4-membered cyclic amide) rings is 1. The van der Waals surface area contributed by atoms with Crippen LogP contribution in [0, 0.1) is 11.3 Å². The van der Waals surface area contributed by atoms with Gasteiger partial charge in [0.25, 0.3) is 0 Å². The first-order valence-electron chi connectivity index (χ1n) is 8.12. The molecule has 3 atom stereocenters. The maximum atomic E-state index is 12.4. The standard InChI is InChI=1S/C16H22N2O8S/c1-7(19)9-11(20)18-10(8(27-12(9)18)5-24-15(17)23)13(21)25-6-26-14(22)16(2,3)4/h7,9,12,19H,5-6H2,1-4H3,(H2,17,23). The highest BCUT2D eigenvalue weighted by Crippen LogP contribution is 2.50. The van der Waals surface area contributed by atoms with Crippen LogP contribution in [0.2, 0.25) is 0 Å². The average molecular weight is 402 g/mol. The number of nitrogens with two attached hydrogens (primary N) is 1. The fraction of sp³-hybridized carbons (Fsp3) is 0.625. The summed E-state index contributed by atoms with van der Waals surface area (Å²) in [6.07, 6.45) is -1.95. The number of amides is 2. The number of aliphatic hydroxyl groups excluding tert-OH is 1. The Morgan fingerprint density at radius 3 is 2.41 bits per heavy atom. The first-order chi connectivity index (χ1) is 12.4. The first kappa shape index (κ1) is 21.0. The number of aliphatic hydroxyl groups is 1. The van der Waals surface area contributed by atoms with Gasteiger partial charge in [-0.05, 0) is 27.7 Å². The van der Waals surface area contributed by atoms with Crippen molar-refractivity contribution in [2.45, 2.75) is 39.2 Å². The smallest absolute Gasteiger partial charge is 0.404 e. The van der Waals surface area contributed by atoms with Crippen molar-refractivity contribution in [3.8, 4) is 0 Å². The molecule has 1 saturated heterocycles. The van der Waals surface area contributed by atoms with Crippen LogP contribution in [-0.2, 0) is 28.6 Å². The number of primary amides is 1. The summed E-state index contributed by atoms with van der Waals surface area (Å²) in [5.74, 6) is -2.61. The van der Waals surface area contributed by atoms with Crippen molar-refractivity contribution >= 4 is 35.7 Å². The van der Waals surface area contributed by atoms with Crippen LogP contribution in [0.5, 0.6) is 0 Å². The molecule has 0 aromatic carbocycles. The number of hydrogen-bond donors (Lipinski definition) is 2. The molecule has 0 bridgehead atoms. The normalized spacial score (nSPS) is 22.7. The lowest BCUT2D eigenvalue weighted by Crippen LogP contribution is -2.60. The SMILES string of the molecule is CC(O)C1C(=O)N2C(C(=O)OCOC(=O)C(C)(C)C)=C(COC(N)=O)SC12. The van der Waals surface area contributed by atoms with Gasteiger partial charge >= 0.3 is 18.0 Å². The van der Waals surface area contributed by atoms with Crippen molar-refractivity contribution in [1.29, 1.82) is 0 Å². The summed E-state index contributed by atoms with van der Waals surface area (Å²) in [5.41, 5.74) is 4.07. The highest BCUT2D eigenvalue weighted by atomic mass is 32.2. The van der Waals surface area contributed by atoms with Crippen LogP contribution in [0.3, 0.4) is 0 Å². The number of hydrogen-bond acceptors (Lipinski definition) is 9. The van der Waals surface area contributed by atoms with Crippen LogP contribution in [0.25, 0.3) is 0 Å². The number of thioether (sulfide) groups is 1. The molecule has 2 aliphatic heterocycles. The predicted octanol–water partition coefficient (Wildman–Crippen LogP) is 0.295. The Kier molecular flexibility index (Phi) is 6.05. The third kappa shape index (κ3) is 4.35. The van der Waals surface area contributed by atoms with Crippen LogP contribution >= 0.6 is 11.8 Å². The fourth-order valence-corrected chi connectivity index (χ4v) is 4.02. The summed E-state index contributed by atoms with van der Waals surface area (Å²) in [6.45, 7) is 5.46. The molecule has 3 unspecified atom stereocenters. The van der Waals surface area contributed by atoms with E-state index in [2.05, 4.69) is 0 Å². The van der Waals surface area contributed by atoms with Crippen molar-refractivity contribution in [3.05, 3.63) is 10.6 Å². The third-order valence-corrected chi connectivity index (χ3v) is 5.24. The van der Waals surface area contributed by atoms with Crippen LogP contribution < -0.4 is 5.73 Å². The Morgan fingerprint density at radius 1 is 1.26 bits per heavy atom. The number of nitrogens with zero attached hydrogens (tertiary/aromatic N) is 1. The molecule has 0 aliphatic carbocycles. The lowest BCUT2D eigenvalue weighted by molar-refractivity contribution is -0.174. The van der Waals surface area contributed by atoms with Gasteiger partial charge in [0, 0.05) is 0 Å². The van der Waals surface area contributed by atoms with Crippen molar-refractivity contribution in [3.63, 3.8) is 0 Å². The molecular weight excluding hydrogens is 380 g/mol. The molecule has 0 radical (unpaired) electrons. The minimum Gasteiger partial charge on any atom is -0.444 e. The van der Waals surface area contributed by atoms with Gasteiger partial charge in [-0.25, -0.2) is 9.59 Å². The highest BCUT2D eigenvalue weighted by molar-refractivity contribution is 8.04. The molecule has 2 aliphatic rings. The Balaban J connectivity index is 2.10. The zero-order valence-electron chi connectivity index (χ0n) is 15.4. The Bertz CT molecular complexity index is 697. The second-order valence-corrected chi connectivity index (χ2v) is 8.31. The average Bonchev–Trinajstić information content (AvgIpc) is 2.85. The third-order valence-electron chi connectivity index (χ3n) is 3.90. The minimum absolute atomic E-state index is 0.111. The maximum Gasteiger partial charge on any atom is 0.404 e. The van der Waals surface area contributed by atoms with Crippen LogP contribution in [-0.4, -0.2) is 58.8 Å². The highest BCUT2D eigenvalue weighted by Gasteiger charge is 2.58. The van der Waals surface area contributed by atoms with Gasteiger partial charge in [0.2, 0.25) is 12.7 Å². The van der Waals surface area contributed by atoms with Gasteiger partial charge in [0.15, 0.2) is 0 Å². The number of ether oxygens (including phenoxy) is 3. The van der Waals surface area contributed by atoms with Crippen LogP contribution in [0.1, 0.15) is 27.7 Å². The molecular formula is C16H22N2O8S. The largest absolute Gasteiger partial charge is 0.444 e. The Labute approximate surface area is 160 Å². The first-order valence-corrected chi connectivity index (χ1v) is 9.00. The molecule has 0 aromatic heterocycles. The second kappa shape index (κ2) is 7.77. The molecule has 1 fully saturated rings. The van der Waals surface area contributed by atoms with Gasteiger partial charge in [-0.2, -0.15) is 0 Å². The van der Waals surface area contributed by atoms with Gasteiger partial charge in [0.1, 0.15) is 17.7 Å². The van der Waals surface area contributed by atoms with E-state index in [1.54, 1.807) is 20.8 Å². The fourth-order valence-electron chi connectivity index (χ4n) is 2.50. The van der Waals surface area contributed by atoms with E-state index in [1.807, 2.05) is 0 Å². The minimum atomic E-state index is -1.04. The maximum absolute atomic E-state index is 12.4. The lowest BCUT2D eigenvalue weighted by atomic mass is 9.92. The topological polar surface area (TPSA) is 145 Å². The molecule has 11 heteroatoms. The summed E-state index contributed by atoms with van der Waals surface area (Å²) in [5, 5.41) is 9.23. The van der Waals surface area contributed by atoms with E-state index in [4.69, 9.17) is 19.9 Å². The summed E-state index contributed by atoms with van der Waals surface area (Å²) in [6, 6.07) is 0. The van der Waals surface area contributed by atoms with Gasteiger partial charge in [0.05, 0.1) is 22.3 Å². The van der Waals surface area contributed by atoms with Gasteiger partial charge < -0.3 is 25.1 Å². The molecule has 10 nitrogen and oxygen atoms in total. The van der Waals surface area contributed by atoms with Crippen LogP contribution in [0.15, 0.2) is 10.6 Å². The van der Waals surface area contributed by atoms with E-state index in [-0.39, 0.29) is 17.2 Å². The molecule has 0 spiro atoms. The Hall–Kier alpha value is -2.27. The van der Waals surface area contributed by atoms with Crippen molar-refractivity contribution in [2.75, 3.05) is 13.4 Å². The molecule has 2 heterocycles. The molecule has 0 aromatic rings. The number of esters is 2. The molecule has 27 heavy (non-hydrogen) atoms. The predicted molar refractivity (Wildman–Crippen MR) is 92.5 cm³/mol. The van der Waals surface area contributed by atoms with E-state index in [9.17, 15) is 24.3 Å². The number of fused-ring (bicyclic) bond motifs is 1. The van der Waals surface area contributed by atoms with Gasteiger partial charge in [-0.3, -0.25) is 14.5 Å². The second-order valence-electron chi connectivity index (χ2n) is 7.09. The monoisotopic (exact) mass is 402 g/mol. The van der Waals surface area contributed by atoms with Crippen molar-refractivity contribution in [1.82, 2.24) is 4.90 Å². The quantitative estimate of drug-likeness (QED) is 0.364. The number of carbonyl (C=O) groups is 4. The van der Waals surface area contributed by atoms with E-state index < -0.39 is 53.5 Å². The van der Waals surface area contributed by atoms with Gasteiger partial charge in [-0.1, -0.05) is 11.8 Å². The van der Waals surface area contributed by atoms with Crippen molar-refractivity contribution in [2.24, 2.45) is 17.1 Å². The lowest BCUT2D eigenvalue weighted by Gasteiger charge is -2.43. The molecule has 0 saturated carbocycles. The molecule has 150 valence electrons. The number of rotatable bonds is 6. The number of carbonyl (C=O) groups excluding carboxylic acids is 4. The summed E-state index contributed by atoms with van der Waals surface area (Å²) in [7, 11) is 0. The van der Waals surface area contributed by atoms with Crippen LogP contribution in [0.4, 0.5) is 4.79 Å². The summed E-state index contributed by atoms with van der Waals surface area (Å²) < 4.78 is 14.5. The molecule has 2 amide bonds. The Morgan fingerprint density at radius 2 is 1.89 bits per heavy atom. The molecule has 3 N–H and O–H groups in total. The zero-order valence-corrected chi connectivity index (χ0v) is 16.2. The van der Waals surface area contributed by atoms with Crippen molar-refractivity contribution < 1.29 is 38.5 Å². The summed E-state index contributed by atoms with van der Waals surface area (Å²) in [4.78, 5) is 48.7. The van der Waals surface area contributed by atoms with E-state index in [0.29, 0.717) is 0 Å². The zero-order chi connectivity index (χ0) is 20.5. The summed E-state index contributed by atoms with van der Waals surface area (Å²) >= 11 is 1.11. The van der Waals surface area contributed by atoms with Gasteiger partial charge in [-0.15, -0.1) is 0 Å². The van der Waals surface area contributed by atoms with E-state index in [0.717, 1.165) is 11.8 Å². The van der Waals surface area contributed by atoms with E-state index in [1.165, 1.54) is 11.8 Å². The van der Waals surface area contributed by atoms with E-state index >= 15 is 0 Å². The molecule has 2 rings (SSSR count).